The number of halogens is 1. The van der Waals surface area contributed by atoms with Crippen LogP contribution in [0.3, 0.4) is 0 Å². The summed E-state index contributed by atoms with van der Waals surface area (Å²) in [5.74, 6) is 0.903. The molecule has 5 heteroatoms. The molecule has 4 rings (SSSR count). The van der Waals surface area contributed by atoms with Crippen molar-refractivity contribution in [3.63, 3.8) is 0 Å². The van der Waals surface area contributed by atoms with Crippen LogP contribution in [0, 0.1) is 0 Å². The molecule has 2 aliphatic heterocycles. The maximum atomic E-state index is 6.07. The van der Waals surface area contributed by atoms with Crippen LogP contribution in [0.1, 0.15) is 30.5 Å². The Kier molecular flexibility index (Phi) is 4.67. The van der Waals surface area contributed by atoms with Crippen LogP contribution in [-0.2, 0) is 12.8 Å². The average molecular weight is 343 g/mol. The summed E-state index contributed by atoms with van der Waals surface area (Å²) in [7, 11) is 0. The molecule has 126 valence electrons. The lowest BCUT2D eigenvalue weighted by atomic mass is 10.0. The van der Waals surface area contributed by atoms with Crippen LogP contribution >= 0.6 is 11.6 Å². The predicted molar refractivity (Wildman–Crippen MR) is 98.8 cm³/mol. The van der Waals surface area contributed by atoms with Crippen molar-refractivity contribution in [2.45, 2.75) is 32.1 Å². The SMILES string of the molecule is Clc1ccc(-c2nc(N3CCCCC3)nc3c2CCNCC3)cc1. The Balaban J connectivity index is 1.81. The summed E-state index contributed by atoms with van der Waals surface area (Å²) in [6.07, 6.45) is 5.73. The van der Waals surface area contributed by atoms with Gasteiger partial charge < -0.3 is 10.2 Å². The van der Waals surface area contributed by atoms with Crippen LogP contribution in [0.4, 0.5) is 5.95 Å². The van der Waals surface area contributed by atoms with Gasteiger partial charge in [-0.3, -0.25) is 0 Å². The van der Waals surface area contributed by atoms with Crippen LogP contribution in [0.2, 0.25) is 5.02 Å². The summed E-state index contributed by atoms with van der Waals surface area (Å²) in [5.41, 5.74) is 4.72. The van der Waals surface area contributed by atoms with E-state index in [1.54, 1.807) is 0 Å². The molecule has 0 atom stereocenters. The van der Waals surface area contributed by atoms with E-state index in [2.05, 4.69) is 22.3 Å². The molecule has 1 aromatic heterocycles. The van der Waals surface area contributed by atoms with Gasteiger partial charge in [0.15, 0.2) is 0 Å². The van der Waals surface area contributed by atoms with Gasteiger partial charge in [-0.1, -0.05) is 23.7 Å². The van der Waals surface area contributed by atoms with Crippen molar-refractivity contribution in [2.24, 2.45) is 0 Å². The fraction of sp³-hybridized carbons (Fsp3) is 0.474. The van der Waals surface area contributed by atoms with Crippen molar-refractivity contribution >= 4 is 17.5 Å². The second-order valence-corrected chi connectivity index (χ2v) is 7.04. The summed E-state index contributed by atoms with van der Waals surface area (Å²) >= 11 is 6.07. The van der Waals surface area contributed by atoms with Gasteiger partial charge >= 0.3 is 0 Å². The second kappa shape index (κ2) is 7.08. The standard InChI is InChI=1S/C19H23ClN4/c20-15-6-4-14(5-7-15)18-16-8-10-21-11-9-17(16)22-19(23-18)24-12-2-1-3-13-24/h4-7,21H,1-3,8-13H2. The molecule has 0 unspecified atom stereocenters. The number of rotatable bonds is 2. The molecule has 0 radical (unpaired) electrons. The third-order valence-corrected chi connectivity index (χ3v) is 5.18. The lowest BCUT2D eigenvalue weighted by Crippen LogP contribution is -2.31. The van der Waals surface area contributed by atoms with Gasteiger partial charge in [0.2, 0.25) is 5.95 Å². The number of benzene rings is 1. The molecule has 3 heterocycles. The van der Waals surface area contributed by atoms with Gasteiger partial charge in [-0.2, -0.15) is 0 Å². The summed E-state index contributed by atoms with van der Waals surface area (Å²) in [5, 5.41) is 4.24. The van der Waals surface area contributed by atoms with Crippen LogP contribution < -0.4 is 10.2 Å². The smallest absolute Gasteiger partial charge is 0.226 e. The molecule has 0 bridgehead atoms. The number of anilines is 1. The van der Waals surface area contributed by atoms with E-state index in [4.69, 9.17) is 21.6 Å². The van der Waals surface area contributed by atoms with Gasteiger partial charge in [-0.15, -0.1) is 0 Å². The minimum absolute atomic E-state index is 0.761. The third-order valence-electron chi connectivity index (χ3n) is 4.93. The molecule has 2 aliphatic rings. The fourth-order valence-electron chi connectivity index (χ4n) is 3.61. The molecule has 1 N–H and O–H groups in total. The predicted octanol–water partition coefficient (Wildman–Crippen LogP) is 3.48. The van der Waals surface area contributed by atoms with E-state index in [-0.39, 0.29) is 0 Å². The molecule has 1 saturated heterocycles. The quantitative estimate of drug-likeness (QED) is 0.907. The van der Waals surface area contributed by atoms with Crippen molar-refractivity contribution in [1.82, 2.24) is 15.3 Å². The minimum atomic E-state index is 0.761. The van der Waals surface area contributed by atoms with E-state index in [9.17, 15) is 0 Å². The number of nitrogens with one attached hydrogen (secondary N) is 1. The van der Waals surface area contributed by atoms with E-state index < -0.39 is 0 Å². The highest BCUT2D eigenvalue weighted by molar-refractivity contribution is 6.30. The molecule has 24 heavy (non-hydrogen) atoms. The molecular weight excluding hydrogens is 320 g/mol. The Morgan fingerprint density at radius 2 is 1.67 bits per heavy atom. The van der Waals surface area contributed by atoms with Crippen LogP contribution in [0.15, 0.2) is 24.3 Å². The van der Waals surface area contributed by atoms with Gasteiger partial charge in [0, 0.05) is 42.2 Å². The summed E-state index contributed by atoms with van der Waals surface area (Å²) < 4.78 is 0. The van der Waals surface area contributed by atoms with Gasteiger partial charge in [-0.05, 0) is 44.4 Å². The molecule has 1 fully saturated rings. The molecular formula is C19H23ClN4. The topological polar surface area (TPSA) is 41.1 Å². The zero-order chi connectivity index (χ0) is 16.4. The molecule has 0 spiro atoms. The summed E-state index contributed by atoms with van der Waals surface area (Å²) in [6.45, 7) is 4.11. The Morgan fingerprint density at radius 1 is 0.917 bits per heavy atom. The van der Waals surface area contributed by atoms with Crippen LogP contribution in [0.25, 0.3) is 11.3 Å². The first-order chi connectivity index (χ1) is 11.8. The van der Waals surface area contributed by atoms with Gasteiger partial charge in [0.05, 0.1) is 11.4 Å². The van der Waals surface area contributed by atoms with Crippen molar-refractivity contribution in [3.05, 3.63) is 40.5 Å². The third kappa shape index (κ3) is 3.26. The highest BCUT2D eigenvalue weighted by Gasteiger charge is 2.21. The average Bonchev–Trinajstić information content (AvgIpc) is 2.88. The first-order valence-corrected chi connectivity index (χ1v) is 9.30. The number of nitrogens with zero attached hydrogens (tertiary/aromatic N) is 3. The summed E-state index contributed by atoms with van der Waals surface area (Å²) in [4.78, 5) is 12.3. The van der Waals surface area contributed by atoms with Crippen molar-refractivity contribution < 1.29 is 0 Å². The van der Waals surface area contributed by atoms with E-state index in [0.29, 0.717) is 0 Å². The van der Waals surface area contributed by atoms with E-state index >= 15 is 0 Å². The molecule has 4 nitrogen and oxygen atoms in total. The van der Waals surface area contributed by atoms with Gasteiger partial charge in [0.25, 0.3) is 0 Å². The van der Waals surface area contributed by atoms with Gasteiger partial charge in [0.1, 0.15) is 0 Å². The Morgan fingerprint density at radius 3 is 2.46 bits per heavy atom. The van der Waals surface area contributed by atoms with Crippen LogP contribution in [-0.4, -0.2) is 36.1 Å². The van der Waals surface area contributed by atoms with Gasteiger partial charge in [-0.25, -0.2) is 9.97 Å². The summed E-state index contributed by atoms with van der Waals surface area (Å²) in [6, 6.07) is 8.04. The first-order valence-electron chi connectivity index (χ1n) is 8.93. The monoisotopic (exact) mass is 342 g/mol. The zero-order valence-electron chi connectivity index (χ0n) is 13.9. The highest BCUT2D eigenvalue weighted by atomic mass is 35.5. The lowest BCUT2D eigenvalue weighted by Gasteiger charge is -2.28. The highest BCUT2D eigenvalue weighted by Crippen LogP contribution is 2.29. The molecule has 0 aliphatic carbocycles. The fourth-order valence-corrected chi connectivity index (χ4v) is 3.74. The number of hydrogen-bond donors (Lipinski definition) is 1. The normalized spacial score (nSPS) is 18.1. The molecule has 0 amide bonds. The van der Waals surface area contributed by atoms with Crippen molar-refractivity contribution in [3.8, 4) is 11.3 Å². The maximum absolute atomic E-state index is 6.07. The number of hydrogen-bond acceptors (Lipinski definition) is 4. The second-order valence-electron chi connectivity index (χ2n) is 6.60. The molecule has 0 saturated carbocycles. The van der Waals surface area contributed by atoms with E-state index in [0.717, 1.165) is 61.2 Å². The molecule has 1 aromatic carbocycles. The van der Waals surface area contributed by atoms with E-state index in [1.807, 2.05) is 12.1 Å². The number of piperidine rings is 1. The number of aromatic nitrogens is 2. The number of fused-ring (bicyclic) bond motifs is 1. The molecule has 2 aromatic rings. The first kappa shape index (κ1) is 15.9. The maximum Gasteiger partial charge on any atom is 0.226 e. The van der Waals surface area contributed by atoms with Crippen molar-refractivity contribution in [1.29, 1.82) is 0 Å². The Bertz CT molecular complexity index is 708. The van der Waals surface area contributed by atoms with E-state index in [1.165, 1.54) is 30.5 Å². The Labute approximate surface area is 148 Å². The van der Waals surface area contributed by atoms with Crippen molar-refractivity contribution in [2.75, 3.05) is 31.1 Å². The Hall–Kier alpha value is -1.65. The minimum Gasteiger partial charge on any atom is -0.341 e. The van der Waals surface area contributed by atoms with Crippen LogP contribution in [0.5, 0.6) is 0 Å². The largest absolute Gasteiger partial charge is 0.341 e. The zero-order valence-corrected chi connectivity index (χ0v) is 14.6. The lowest BCUT2D eigenvalue weighted by molar-refractivity contribution is 0.567.